The van der Waals surface area contributed by atoms with Gasteiger partial charge >= 0.3 is 0 Å². The van der Waals surface area contributed by atoms with Crippen molar-refractivity contribution in [3.8, 4) is 5.75 Å². The number of carbonyl (C=O) groups excluding carboxylic acids is 1. The first kappa shape index (κ1) is 24.7. The molecule has 0 aliphatic heterocycles. The van der Waals surface area contributed by atoms with Gasteiger partial charge in [-0.3, -0.25) is 9.79 Å². The molecule has 0 heterocycles. The van der Waals surface area contributed by atoms with Crippen molar-refractivity contribution in [1.29, 1.82) is 0 Å². The SMILES string of the molecule is CN=C(NCCC(=O)N(C)Cc1ccccc1)NCCc1ccc(OC)cc1.I. The van der Waals surface area contributed by atoms with Crippen molar-refractivity contribution in [2.75, 3.05) is 34.3 Å². The molecule has 2 aromatic carbocycles. The van der Waals surface area contributed by atoms with Gasteiger partial charge in [0.15, 0.2) is 5.96 Å². The molecule has 0 fully saturated rings. The molecule has 0 radical (unpaired) electrons. The Morgan fingerprint density at radius 3 is 2.28 bits per heavy atom. The van der Waals surface area contributed by atoms with E-state index in [1.165, 1.54) is 5.56 Å². The first-order valence-electron chi connectivity index (χ1n) is 9.47. The van der Waals surface area contributed by atoms with Gasteiger partial charge in [-0.25, -0.2) is 0 Å². The molecule has 158 valence electrons. The molecule has 0 spiro atoms. The standard InChI is InChI=1S/C22H30N4O2.HI/c1-23-22(24-15-13-18-9-11-20(28-3)12-10-18)25-16-14-21(27)26(2)17-19-7-5-4-6-8-19;/h4-12H,13-17H2,1-3H3,(H2,23,24,25);1H. The summed E-state index contributed by atoms with van der Waals surface area (Å²) in [6.07, 6.45) is 1.30. The van der Waals surface area contributed by atoms with Crippen LogP contribution in [-0.4, -0.2) is 51.1 Å². The smallest absolute Gasteiger partial charge is 0.224 e. The Kier molecular flexibility index (Phi) is 11.8. The van der Waals surface area contributed by atoms with Crippen molar-refractivity contribution < 1.29 is 9.53 Å². The lowest BCUT2D eigenvalue weighted by Gasteiger charge is -2.18. The number of ether oxygens (including phenoxy) is 1. The highest BCUT2D eigenvalue weighted by Crippen LogP contribution is 2.11. The van der Waals surface area contributed by atoms with Crippen LogP contribution >= 0.6 is 24.0 Å². The van der Waals surface area contributed by atoms with E-state index in [4.69, 9.17) is 4.74 Å². The minimum atomic E-state index is 0. The normalized spacial score (nSPS) is 10.7. The van der Waals surface area contributed by atoms with Crippen LogP contribution in [-0.2, 0) is 17.8 Å². The van der Waals surface area contributed by atoms with Crippen LogP contribution in [0.3, 0.4) is 0 Å². The van der Waals surface area contributed by atoms with Crippen LogP contribution in [0, 0.1) is 0 Å². The fourth-order valence-corrected chi connectivity index (χ4v) is 2.76. The number of halogens is 1. The fraction of sp³-hybridized carbons (Fsp3) is 0.364. The maximum Gasteiger partial charge on any atom is 0.224 e. The number of nitrogens with zero attached hydrogens (tertiary/aromatic N) is 2. The van der Waals surface area contributed by atoms with Crippen LogP contribution in [0.25, 0.3) is 0 Å². The maximum absolute atomic E-state index is 12.3. The third kappa shape index (κ3) is 9.17. The van der Waals surface area contributed by atoms with Gasteiger partial charge in [-0.15, -0.1) is 24.0 Å². The fourth-order valence-electron chi connectivity index (χ4n) is 2.76. The largest absolute Gasteiger partial charge is 0.497 e. The van der Waals surface area contributed by atoms with Gasteiger partial charge in [0.2, 0.25) is 5.91 Å². The molecule has 0 saturated carbocycles. The number of benzene rings is 2. The number of nitrogens with one attached hydrogen (secondary N) is 2. The topological polar surface area (TPSA) is 66.0 Å². The van der Waals surface area contributed by atoms with Crippen LogP contribution in [0.15, 0.2) is 59.6 Å². The summed E-state index contributed by atoms with van der Waals surface area (Å²) < 4.78 is 5.17. The molecule has 0 bridgehead atoms. The first-order chi connectivity index (χ1) is 13.6. The van der Waals surface area contributed by atoms with Gasteiger partial charge < -0.3 is 20.3 Å². The van der Waals surface area contributed by atoms with Gasteiger partial charge in [0, 0.05) is 40.2 Å². The molecule has 0 unspecified atom stereocenters. The second-order valence-corrected chi connectivity index (χ2v) is 6.51. The number of aliphatic imine (C=N–C) groups is 1. The van der Waals surface area contributed by atoms with E-state index < -0.39 is 0 Å². The van der Waals surface area contributed by atoms with Crippen molar-refractivity contribution in [3.63, 3.8) is 0 Å². The van der Waals surface area contributed by atoms with Gasteiger partial charge in [-0.05, 0) is 29.7 Å². The molecular formula is C22H31IN4O2. The number of hydrogen-bond acceptors (Lipinski definition) is 3. The summed E-state index contributed by atoms with van der Waals surface area (Å²) in [6, 6.07) is 18.0. The van der Waals surface area contributed by atoms with Gasteiger partial charge in [0.1, 0.15) is 5.75 Å². The molecule has 7 heteroatoms. The van der Waals surface area contributed by atoms with Gasteiger partial charge in [0.25, 0.3) is 0 Å². The van der Waals surface area contributed by atoms with Gasteiger partial charge in [-0.1, -0.05) is 42.5 Å². The summed E-state index contributed by atoms with van der Waals surface area (Å²) in [5, 5.41) is 6.47. The van der Waals surface area contributed by atoms with Gasteiger partial charge in [0.05, 0.1) is 7.11 Å². The highest BCUT2D eigenvalue weighted by atomic mass is 127. The van der Waals surface area contributed by atoms with E-state index >= 15 is 0 Å². The van der Waals surface area contributed by atoms with Crippen molar-refractivity contribution >= 4 is 35.8 Å². The van der Waals surface area contributed by atoms with E-state index in [2.05, 4.69) is 27.8 Å². The Morgan fingerprint density at radius 1 is 1.00 bits per heavy atom. The summed E-state index contributed by atoms with van der Waals surface area (Å²) >= 11 is 0. The number of amides is 1. The van der Waals surface area contributed by atoms with Crippen LogP contribution in [0.2, 0.25) is 0 Å². The molecule has 2 N–H and O–H groups in total. The lowest BCUT2D eigenvalue weighted by Crippen LogP contribution is -2.40. The number of guanidine groups is 1. The van der Waals surface area contributed by atoms with E-state index in [0.29, 0.717) is 25.5 Å². The summed E-state index contributed by atoms with van der Waals surface area (Å²) in [6.45, 7) is 1.92. The second-order valence-electron chi connectivity index (χ2n) is 6.51. The zero-order valence-corrected chi connectivity index (χ0v) is 19.7. The molecule has 1 amide bonds. The highest BCUT2D eigenvalue weighted by Gasteiger charge is 2.09. The Morgan fingerprint density at radius 2 is 1.66 bits per heavy atom. The predicted molar refractivity (Wildman–Crippen MR) is 129 cm³/mol. The highest BCUT2D eigenvalue weighted by molar-refractivity contribution is 14.0. The zero-order valence-electron chi connectivity index (χ0n) is 17.4. The van der Waals surface area contributed by atoms with Crippen molar-refractivity contribution in [3.05, 3.63) is 65.7 Å². The van der Waals surface area contributed by atoms with Crippen LogP contribution in [0.4, 0.5) is 0 Å². The molecule has 29 heavy (non-hydrogen) atoms. The van der Waals surface area contributed by atoms with E-state index in [1.54, 1.807) is 19.1 Å². The van der Waals surface area contributed by atoms with Crippen molar-refractivity contribution in [1.82, 2.24) is 15.5 Å². The molecule has 0 aliphatic carbocycles. The average molecular weight is 510 g/mol. The Bertz CT molecular complexity index is 751. The minimum absolute atomic E-state index is 0. The molecular weight excluding hydrogens is 479 g/mol. The first-order valence-corrected chi connectivity index (χ1v) is 9.47. The lowest BCUT2D eigenvalue weighted by molar-refractivity contribution is -0.130. The lowest BCUT2D eigenvalue weighted by atomic mass is 10.1. The maximum atomic E-state index is 12.3. The molecule has 6 nitrogen and oxygen atoms in total. The molecule has 0 aromatic heterocycles. The predicted octanol–water partition coefficient (Wildman–Crippen LogP) is 3.07. The van der Waals surface area contributed by atoms with Crippen LogP contribution < -0.4 is 15.4 Å². The van der Waals surface area contributed by atoms with Crippen molar-refractivity contribution in [2.24, 2.45) is 4.99 Å². The minimum Gasteiger partial charge on any atom is -0.497 e. The van der Waals surface area contributed by atoms with Crippen LogP contribution in [0.1, 0.15) is 17.5 Å². The Balaban J connectivity index is 0.00000420. The molecule has 0 saturated heterocycles. The summed E-state index contributed by atoms with van der Waals surface area (Å²) in [5.41, 5.74) is 2.35. The number of hydrogen-bond donors (Lipinski definition) is 2. The van der Waals surface area contributed by atoms with Crippen molar-refractivity contribution in [2.45, 2.75) is 19.4 Å². The summed E-state index contributed by atoms with van der Waals surface area (Å²) in [5.74, 6) is 1.66. The molecule has 2 aromatic rings. The zero-order chi connectivity index (χ0) is 20.2. The Labute approximate surface area is 190 Å². The summed E-state index contributed by atoms with van der Waals surface area (Å²) in [4.78, 5) is 18.2. The number of rotatable bonds is 9. The second kappa shape index (κ2) is 13.8. The third-order valence-electron chi connectivity index (χ3n) is 4.41. The van der Waals surface area contributed by atoms with E-state index in [9.17, 15) is 4.79 Å². The van der Waals surface area contributed by atoms with Gasteiger partial charge in [-0.2, -0.15) is 0 Å². The monoisotopic (exact) mass is 510 g/mol. The number of carbonyl (C=O) groups is 1. The van der Waals surface area contributed by atoms with E-state index in [-0.39, 0.29) is 29.9 Å². The van der Waals surface area contributed by atoms with E-state index in [0.717, 1.165) is 24.3 Å². The van der Waals surface area contributed by atoms with Crippen LogP contribution in [0.5, 0.6) is 5.75 Å². The summed E-state index contributed by atoms with van der Waals surface area (Å²) in [7, 11) is 5.22. The molecule has 0 atom stereocenters. The average Bonchev–Trinajstić information content (AvgIpc) is 2.73. The van der Waals surface area contributed by atoms with E-state index in [1.807, 2.05) is 49.5 Å². The number of methoxy groups -OCH3 is 1. The molecule has 0 aliphatic rings. The third-order valence-corrected chi connectivity index (χ3v) is 4.41. The Hall–Kier alpha value is -2.29. The molecule has 2 rings (SSSR count). The quantitative estimate of drug-likeness (QED) is 0.309.